The van der Waals surface area contributed by atoms with Gasteiger partial charge in [-0.05, 0) is 48.4 Å². The summed E-state index contributed by atoms with van der Waals surface area (Å²) in [6, 6.07) is 16.9. The summed E-state index contributed by atoms with van der Waals surface area (Å²) in [7, 11) is 1.61. The Hall–Kier alpha value is -3.41. The third-order valence-electron chi connectivity index (χ3n) is 3.77. The van der Waals surface area contributed by atoms with Gasteiger partial charge in [0.1, 0.15) is 11.4 Å². The number of aryl methyl sites for hydroxylation is 1. The number of hydrogen-bond acceptors (Lipinski definition) is 4. The molecule has 2 aromatic carbocycles. The Bertz CT molecular complexity index is 898. The van der Waals surface area contributed by atoms with Gasteiger partial charge >= 0.3 is 0 Å². The van der Waals surface area contributed by atoms with Gasteiger partial charge in [0.15, 0.2) is 0 Å². The minimum Gasteiger partial charge on any atom is -0.497 e. The summed E-state index contributed by atoms with van der Waals surface area (Å²) in [6.07, 6.45) is 1.62. The summed E-state index contributed by atoms with van der Waals surface area (Å²) in [5.74, 6) is 0.417. The fourth-order valence-corrected chi connectivity index (χ4v) is 2.30. The summed E-state index contributed by atoms with van der Waals surface area (Å²) in [5, 5.41) is 10.9. The van der Waals surface area contributed by atoms with Crippen LogP contribution in [0.25, 0.3) is 11.3 Å². The highest BCUT2D eigenvalue weighted by atomic mass is 16.5. The van der Waals surface area contributed by atoms with Crippen molar-refractivity contribution in [3.8, 4) is 17.0 Å². The van der Waals surface area contributed by atoms with E-state index in [2.05, 4.69) is 20.7 Å². The Morgan fingerprint density at radius 3 is 2.68 bits per heavy atom. The number of nitrogens with zero attached hydrogens (tertiary/aromatic N) is 2. The molecule has 0 aliphatic carbocycles. The number of carbonyl (C=O) groups excluding carboxylic acids is 1. The molecule has 3 rings (SSSR count). The Morgan fingerprint density at radius 2 is 1.96 bits per heavy atom. The second kappa shape index (κ2) is 7.44. The molecule has 0 spiro atoms. The van der Waals surface area contributed by atoms with Gasteiger partial charge in [-0.25, -0.2) is 5.43 Å². The van der Waals surface area contributed by atoms with Crippen molar-refractivity contribution in [3.05, 3.63) is 71.4 Å². The van der Waals surface area contributed by atoms with E-state index in [9.17, 15) is 4.79 Å². The Morgan fingerprint density at radius 1 is 1.20 bits per heavy atom. The van der Waals surface area contributed by atoms with Crippen molar-refractivity contribution in [2.75, 3.05) is 7.11 Å². The highest BCUT2D eigenvalue weighted by Crippen LogP contribution is 2.21. The molecule has 6 nitrogen and oxygen atoms in total. The number of methoxy groups -OCH3 is 1. The van der Waals surface area contributed by atoms with E-state index in [4.69, 9.17) is 4.74 Å². The second-order valence-corrected chi connectivity index (χ2v) is 5.45. The number of nitrogens with one attached hydrogen (secondary N) is 2. The number of benzene rings is 2. The average molecular weight is 334 g/mol. The normalized spacial score (nSPS) is 10.8. The van der Waals surface area contributed by atoms with Gasteiger partial charge in [-0.2, -0.15) is 10.2 Å². The predicted octanol–water partition coefficient (Wildman–Crippen LogP) is 3.16. The van der Waals surface area contributed by atoms with Crippen LogP contribution in [-0.2, 0) is 0 Å². The van der Waals surface area contributed by atoms with E-state index in [1.807, 2.05) is 55.5 Å². The van der Waals surface area contributed by atoms with Gasteiger partial charge in [0.2, 0.25) is 0 Å². The third kappa shape index (κ3) is 3.92. The van der Waals surface area contributed by atoms with Crippen LogP contribution in [0.4, 0.5) is 0 Å². The van der Waals surface area contributed by atoms with E-state index in [1.165, 1.54) is 0 Å². The number of hydrogen-bond donors (Lipinski definition) is 2. The molecule has 0 radical (unpaired) electrons. The first-order chi connectivity index (χ1) is 12.2. The molecule has 0 fully saturated rings. The van der Waals surface area contributed by atoms with E-state index in [0.717, 1.165) is 22.4 Å². The van der Waals surface area contributed by atoms with Gasteiger partial charge in [0.05, 0.1) is 19.0 Å². The predicted molar refractivity (Wildman–Crippen MR) is 96.8 cm³/mol. The molecule has 25 heavy (non-hydrogen) atoms. The van der Waals surface area contributed by atoms with Crippen molar-refractivity contribution >= 4 is 12.1 Å². The number of carbonyl (C=O) groups is 1. The van der Waals surface area contributed by atoms with Crippen molar-refractivity contribution in [1.82, 2.24) is 15.6 Å². The molecule has 1 aromatic heterocycles. The van der Waals surface area contributed by atoms with Crippen molar-refractivity contribution in [2.24, 2.45) is 5.10 Å². The summed E-state index contributed by atoms with van der Waals surface area (Å²) in [5.41, 5.74) is 6.44. The van der Waals surface area contributed by atoms with E-state index in [1.54, 1.807) is 19.4 Å². The molecule has 0 saturated heterocycles. The summed E-state index contributed by atoms with van der Waals surface area (Å²) in [6.45, 7) is 1.99. The first-order valence-electron chi connectivity index (χ1n) is 7.76. The lowest BCUT2D eigenvalue weighted by Gasteiger charge is -2.00. The molecule has 1 amide bonds. The quantitative estimate of drug-likeness (QED) is 0.556. The van der Waals surface area contributed by atoms with Gasteiger partial charge in [0.25, 0.3) is 5.91 Å². The minimum atomic E-state index is -0.350. The van der Waals surface area contributed by atoms with Crippen LogP contribution in [0.5, 0.6) is 5.75 Å². The number of rotatable bonds is 5. The molecule has 0 unspecified atom stereocenters. The van der Waals surface area contributed by atoms with Gasteiger partial charge < -0.3 is 4.74 Å². The first kappa shape index (κ1) is 16.4. The molecule has 0 bridgehead atoms. The molecule has 0 atom stereocenters. The van der Waals surface area contributed by atoms with E-state index in [-0.39, 0.29) is 5.91 Å². The van der Waals surface area contributed by atoms with Crippen LogP contribution < -0.4 is 10.2 Å². The zero-order chi connectivity index (χ0) is 17.6. The zero-order valence-electron chi connectivity index (χ0n) is 14.0. The van der Waals surface area contributed by atoms with E-state index < -0.39 is 0 Å². The first-order valence-corrected chi connectivity index (χ1v) is 7.76. The molecule has 126 valence electrons. The maximum atomic E-state index is 12.1. The molecular weight excluding hydrogens is 316 g/mol. The molecule has 3 aromatic rings. The monoisotopic (exact) mass is 334 g/mol. The SMILES string of the molecule is COc1ccc(-c2cc(C(=O)NN=Cc3ccccc3C)[nH]n2)cc1. The molecule has 0 aliphatic rings. The highest BCUT2D eigenvalue weighted by Gasteiger charge is 2.10. The van der Waals surface area contributed by atoms with Crippen molar-refractivity contribution < 1.29 is 9.53 Å². The standard InChI is InChI=1S/C19H18N4O2/c1-13-5-3-4-6-15(13)12-20-23-19(24)18-11-17(21-22-18)14-7-9-16(25-2)10-8-14/h3-12H,1-2H3,(H,21,22)(H,23,24). The number of hydrazone groups is 1. The van der Waals surface area contributed by atoms with Crippen LogP contribution in [0.2, 0.25) is 0 Å². The molecule has 2 N–H and O–H groups in total. The maximum absolute atomic E-state index is 12.1. The van der Waals surface area contributed by atoms with Crippen LogP contribution >= 0.6 is 0 Å². The van der Waals surface area contributed by atoms with Gasteiger partial charge in [-0.1, -0.05) is 24.3 Å². The summed E-state index contributed by atoms with van der Waals surface area (Å²) < 4.78 is 5.13. The molecule has 0 aliphatic heterocycles. The van der Waals surface area contributed by atoms with E-state index in [0.29, 0.717) is 11.4 Å². The largest absolute Gasteiger partial charge is 0.497 e. The lowest BCUT2D eigenvalue weighted by Crippen LogP contribution is -2.18. The van der Waals surface area contributed by atoms with E-state index >= 15 is 0 Å². The fraction of sp³-hybridized carbons (Fsp3) is 0.105. The van der Waals surface area contributed by atoms with Crippen LogP contribution in [0.15, 0.2) is 59.7 Å². The fourth-order valence-electron chi connectivity index (χ4n) is 2.30. The zero-order valence-corrected chi connectivity index (χ0v) is 14.0. The smallest absolute Gasteiger partial charge is 0.289 e. The second-order valence-electron chi connectivity index (χ2n) is 5.45. The lowest BCUT2D eigenvalue weighted by atomic mass is 10.1. The third-order valence-corrected chi connectivity index (χ3v) is 3.77. The number of H-pyrrole nitrogens is 1. The Labute approximate surface area is 145 Å². The molecular formula is C19H18N4O2. The number of aromatic nitrogens is 2. The Kier molecular flexibility index (Phi) is 4.89. The van der Waals surface area contributed by atoms with Crippen LogP contribution in [0, 0.1) is 6.92 Å². The van der Waals surface area contributed by atoms with Crippen molar-refractivity contribution in [1.29, 1.82) is 0 Å². The van der Waals surface area contributed by atoms with Crippen molar-refractivity contribution in [3.63, 3.8) is 0 Å². The van der Waals surface area contributed by atoms with Gasteiger partial charge in [-0.15, -0.1) is 0 Å². The average Bonchev–Trinajstić information content (AvgIpc) is 3.13. The maximum Gasteiger partial charge on any atom is 0.289 e. The molecule has 6 heteroatoms. The molecule has 0 saturated carbocycles. The van der Waals surface area contributed by atoms with Gasteiger partial charge in [-0.3, -0.25) is 9.89 Å². The summed E-state index contributed by atoms with van der Waals surface area (Å²) in [4.78, 5) is 12.1. The topological polar surface area (TPSA) is 79.4 Å². The Balaban J connectivity index is 1.67. The number of ether oxygens (including phenoxy) is 1. The van der Waals surface area contributed by atoms with Gasteiger partial charge in [0, 0.05) is 5.56 Å². The van der Waals surface area contributed by atoms with Crippen LogP contribution in [-0.4, -0.2) is 29.4 Å². The number of amides is 1. The molecule has 1 heterocycles. The van der Waals surface area contributed by atoms with Crippen molar-refractivity contribution in [2.45, 2.75) is 6.92 Å². The van der Waals surface area contributed by atoms with Crippen LogP contribution in [0.3, 0.4) is 0 Å². The summed E-state index contributed by atoms with van der Waals surface area (Å²) >= 11 is 0. The minimum absolute atomic E-state index is 0.341. The number of aromatic amines is 1. The van der Waals surface area contributed by atoms with Crippen LogP contribution in [0.1, 0.15) is 21.6 Å². The lowest BCUT2D eigenvalue weighted by molar-refractivity contribution is 0.0950. The highest BCUT2D eigenvalue weighted by molar-refractivity contribution is 5.94.